The molecule has 0 aliphatic heterocycles. The van der Waals surface area contributed by atoms with Gasteiger partial charge in [-0.05, 0) is 20.4 Å². The molecule has 1 aromatic rings. The zero-order valence-corrected chi connectivity index (χ0v) is 10.7. The maximum absolute atomic E-state index is 13.2. The van der Waals surface area contributed by atoms with Crippen molar-refractivity contribution in [3.8, 4) is 5.88 Å². The summed E-state index contributed by atoms with van der Waals surface area (Å²) in [6, 6.07) is 0.315. The van der Waals surface area contributed by atoms with E-state index in [1.165, 1.54) is 0 Å². The molecule has 7 heteroatoms. The zero-order chi connectivity index (χ0) is 13.9. The van der Waals surface area contributed by atoms with Crippen LogP contribution in [-0.2, 0) is 6.54 Å². The fourth-order valence-electron chi connectivity index (χ4n) is 1.53. The molecule has 102 valence electrons. The second-order valence-electron chi connectivity index (χ2n) is 4.29. The molecule has 1 heterocycles. The van der Waals surface area contributed by atoms with Crippen molar-refractivity contribution in [3.63, 3.8) is 0 Å². The van der Waals surface area contributed by atoms with Gasteiger partial charge >= 0.3 is 5.69 Å². The van der Waals surface area contributed by atoms with Gasteiger partial charge in [0.15, 0.2) is 0 Å². The summed E-state index contributed by atoms with van der Waals surface area (Å²) in [4.78, 5) is 26.1. The van der Waals surface area contributed by atoms with E-state index in [-0.39, 0.29) is 6.54 Å². The van der Waals surface area contributed by atoms with Gasteiger partial charge in [0, 0.05) is 19.1 Å². The first-order chi connectivity index (χ1) is 8.38. The number of rotatable bonds is 5. The third kappa shape index (κ3) is 2.98. The van der Waals surface area contributed by atoms with Crippen molar-refractivity contribution in [2.45, 2.75) is 32.9 Å². The molecule has 0 bridgehead atoms. The summed E-state index contributed by atoms with van der Waals surface area (Å²) in [7, 11) is 1.87. The Morgan fingerprint density at radius 3 is 2.67 bits per heavy atom. The average Bonchev–Trinajstić information content (AvgIpc) is 2.34. The lowest BCUT2D eigenvalue weighted by Gasteiger charge is -2.23. The molecule has 2 N–H and O–H groups in total. The fourth-order valence-corrected chi connectivity index (χ4v) is 1.53. The van der Waals surface area contributed by atoms with Crippen molar-refractivity contribution in [1.29, 1.82) is 0 Å². The first-order valence-corrected chi connectivity index (χ1v) is 5.80. The quantitative estimate of drug-likeness (QED) is 0.787. The van der Waals surface area contributed by atoms with Crippen LogP contribution in [0.3, 0.4) is 0 Å². The number of hydrogen-bond donors (Lipinski definition) is 2. The van der Waals surface area contributed by atoms with Crippen LogP contribution in [0.2, 0.25) is 0 Å². The summed E-state index contributed by atoms with van der Waals surface area (Å²) in [5.74, 6) is -2.25. The Morgan fingerprint density at radius 1 is 1.50 bits per heavy atom. The number of nitrogens with one attached hydrogen (secondary N) is 1. The Bertz CT molecular complexity index is 523. The summed E-state index contributed by atoms with van der Waals surface area (Å²) in [6.07, 6.45) is 0.942. The van der Waals surface area contributed by atoms with Gasteiger partial charge in [-0.25, -0.2) is 4.79 Å². The largest absolute Gasteiger partial charge is 0.492 e. The van der Waals surface area contributed by atoms with Crippen LogP contribution >= 0.6 is 0 Å². The number of aromatic amines is 1. The smallest absolute Gasteiger partial charge is 0.331 e. The van der Waals surface area contributed by atoms with Crippen molar-refractivity contribution in [3.05, 3.63) is 26.7 Å². The average molecular weight is 259 g/mol. The first-order valence-electron chi connectivity index (χ1n) is 5.80. The van der Waals surface area contributed by atoms with E-state index >= 15 is 0 Å². The number of aromatic hydroxyl groups is 1. The van der Waals surface area contributed by atoms with Gasteiger partial charge in [0.25, 0.3) is 5.56 Å². The molecule has 0 saturated heterocycles. The molecule has 6 nitrogen and oxygen atoms in total. The number of halogens is 1. The second kappa shape index (κ2) is 5.81. The maximum Gasteiger partial charge on any atom is 0.331 e. The molecule has 0 radical (unpaired) electrons. The molecule has 0 aliphatic rings. The Morgan fingerprint density at radius 2 is 2.11 bits per heavy atom. The summed E-state index contributed by atoms with van der Waals surface area (Å²) < 4.78 is 14.0. The Balaban J connectivity index is 2.90. The van der Waals surface area contributed by atoms with Crippen molar-refractivity contribution < 1.29 is 9.50 Å². The number of aromatic nitrogens is 2. The lowest BCUT2D eigenvalue weighted by molar-refractivity contribution is 0.234. The standard InChI is InChI=1S/C11H18FN3O3/c1-4-7(2)14(3)5-6-15-10(17)8(12)9(16)13-11(15)18/h7,17H,4-6H2,1-3H3,(H,13,16,18). The predicted octanol–water partition coefficient (Wildman–Crippen LogP) is 0.112. The number of likely N-dealkylation sites (N-methyl/N-ethyl adjacent to an activating group) is 1. The van der Waals surface area contributed by atoms with Crippen molar-refractivity contribution in [1.82, 2.24) is 14.5 Å². The van der Waals surface area contributed by atoms with Gasteiger partial charge in [-0.3, -0.25) is 14.3 Å². The van der Waals surface area contributed by atoms with Crippen LogP contribution in [-0.4, -0.2) is 39.2 Å². The van der Waals surface area contributed by atoms with Crippen LogP contribution in [0.25, 0.3) is 0 Å². The van der Waals surface area contributed by atoms with Gasteiger partial charge in [-0.2, -0.15) is 4.39 Å². The molecule has 18 heavy (non-hydrogen) atoms. The molecule has 0 fully saturated rings. The monoisotopic (exact) mass is 259 g/mol. The number of H-pyrrole nitrogens is 1. The Labute approximate surface area is 104 Å². The van der Waals surface area contributed by atoms with E-state index in [9.17, 15) is 19.1 Å². The highest BCUT2D eigenvalue weighted by Crippen LogP contribution is 2.08. The van der Waals surface area contributed by atoms with E-state index in [0.717, 1.165) is 11.0 Å². The molecule has 1 rings (SSSR count). The maximum atomic E-state index is 13.2. The first kappa shape index (κ1) is 14.4. The molecule has 0 spiro atoms. The van der Waals surface area contributed by atoms with Gasteiger partial charge in [0.2, 0.25) is 11.7 Å². The van der Waals surface area contributed by atoms with E-state index in [2.05, 4.69) is 0 Å². The molecule has 0 aromatic carbocycles. The van der Waals surface area contributed by atoms with Gasteiger partial charge < -0.3 is 10.0 Å². The van der Waals surface area contributed by atoms with Crippen LogP contribution in [0.1, 0.15) is 20.3 Å². The van der Waals surface area contributed by atoms with E-state index in [4.69, 9.17) is 0 Å². The van der Waals surface area contributed by atoms with Gasteiger partial charge in [-0.15, -0.1) is 0 Å². The van der Waals surface area contributed by atoms with Gasteiger partial charge in [0.05, 0.1) is 0 Å². The highest BCUT2D eigenvalue weighted by atomic mass is 19.1. The minimum atomic E-state index is -1.33. The molecular formula is C11H18FN3O3. The minimum absolute atomic E-state index is 0.110. The van der Waals surface area contributed by atoms with Crippen molar-refractivity contribution in [2.24, 2.45) is 0 Å². The minimum Gasteiger partial charge on any atom is -0.492 e. The SMILES string of the molecule is CCC(C)N(C)CCn1c(O)c(F)c(=O)[nH]c1=O. The molecule has 1 aromatic heterocycles. The molecule has 0 saturated carbocycles. The van der Waals surface area contributed by atoms with E-state index in [0.29, 0.717) is 12.6 Å². The number of nitrogens with zero attached hydrogens (tertiary/aromatic N) is 2. The van der Waals surface area contributed by atoms with Gasteiger partial charge in [0.1, 0.15) is 0 Å². The molecule has 0 amide bonds. The van der Waals surface area contributed by atoms with Crippen molar-refractivity contribution in [2.75, 3.05) is 13.6 Å². The molecular weight excluding hydrogens is 241 g/mol. The van der Waals surface area contributed by atoms with E-state index in [1.54, 1.807) is 0 Å². The fraction of sp³-hybridized carbons (Fsp3) is 0.636. The summed E-state index contributed by atoms with van der Waals surface area (Å²) in [5.41, 5.74) is -2.01. The highest BCUT2D eigenvalue weighted by molar-refractivity contribution is 5.09. The van der Waals surface area contributed by atoms with Crippen LogP contribution in [0, 0.1) is 5.82 Å². The molecule has 1 atom stereocenters. The third-order valence-electron chi connectivity index (χ3n) is 3.14. The zero-order valence-electron chi connectivity index (χ0n) is 10.7. The molecule has 0 aliphatic carbocycles. The lowest BCUT2D eigenvalue weighted by Crippen LogP contribution is -2.37. The van der Waals surface area contributed by atoms with Crippen LogP contribution in [0.5, 0.6) is 5.88 Å². The third-order valence-corrected chi connectivity index (χ3v) is 3.14. The summed E-state index contributed by atoms with van der Waals surface area (Å²) in [6.45, 7) is 4.63. The Hall–Kier alpha value is -1.63. The lowest BCUT2D eigenvalue weighted by atomic mass is 10.2. The predicted molar refractivity (Wildman–Crippen MR) is 65.3 cm³/mol. The summed E-state index contributed by atoms with van der Waals surface area (Å²) >= 11 is 0. The van der Waals surface area contributed by atoms with Crippen LogP contribution in [0.15, 0.2) is 9.59 Å². The van der Waals surface area contributed by atoms with Crippen LogP contribution < -0.4 is 11.2 Å². The molecule has 1 unspecified atom stereocenters. The Kier molecular flexibility index (Phi) is 4.66. The van der Waals surface area contributed by atoms with E-state index < -0.39 is 22.9 Å². The highest BCUT2D eigenvalue weighted by Gasteiger charge is 2.14. The van der Waals surface area contributed by atoms with Crippen molar-refractivity contribution >= 4 is 0 Å². The topological polar surface area (TPSA) is 78.3 Å². The summed E-state index contributed by atoms with van der Waals surface area (Å²) in [5, 5.41) is 9.42. The van der Waals surface area contributed by atoms with Gasteiger partial charge in [-0.1, -0.05) is 6.92 Å². The van der Waals surface area contributed by atoms with Crippen LogP contribution in [0.4, 0.5) is 4.39 Å². The number of hydrogen-bond acceptors (Lipinski definition) is 4. The normalized spacial score (nSPS) is 12.9. The second-order valence-corrected chi connectivity index (χ2v) is 4.29. The van der Waals surface area contributed by atoms with E-state index in [1.807, 2.05) is 30.8 Å².